The second-order valence-corrected chi connectivity index (χ2v) is 4.78. The third-order valence-corrected chi connectivity index (χ3v) is 3.64. The van der Waals surface area contributed by atoms with Crippen molar-refractivity contribution in [1.82, 2.24) is 19.5 Å². The lowest BCUT2D eigenvalue weighted by Crippen LogP contribution is -2.46. The van der Waals surface area contributed by atoms with Gasteiger partial charge in [-0.05, 0) is 12.8 Å². The molecule has 0 unspecified atom stereocenters. The largest absolute Gasteiger partial charge is 0.390 e. The Balaban J connectivity index is 2.03. The first kappa shape index (κ1) is 12.3. The van der Waals surface area contributed by atoms with Gasteiger partial charge in [-0.25, -0.2) is 15.0 Å². The van der Waals surface area contributed by atoms with E-state index in [-0.39, 0.29) is 5.82 Å². The van der Waals surface area contributed by atoms with Gasteiger partial charge in [0.25, 0.3) is 0 Å². The number of rotatable bonds is 1. The Morgan fingerprint density at radius 2 is 1.89 bits per heavy atom. The van der Waals surface area contributed by atoms with Gasteiger partial charge in [0.15, 0.2) is 11.5 Å². The Bertz CT molecular complexity index is 601. The zero-order valence-electron chi connectivity index (χ0n) is 10.1. The second kappa shape index (κ2) is 4.41. The molecule has 3 rings (SSSR count). The normalized spacial score (nSPS) is 31.7. The summed E-state index contributed by atoms with van der Waals surface area (Å²) < 4.78 is 1.67. The molecule has 102 valence electrons. The average molecular weight is 265 g/mol. The molecule has 0 bridgehead atoms. The van der Waals surface area contributed by atoms with Crippen LogP contribution in [0.3, 0.4) is 0 Å². The molecule has 0 radical (unpaired) electrons. The maximum Gasteiger partial charge on any atom is 0.165 e. The van der Waals surface area contributed by atoms with E-state index in [4.69, 9.17) is 5.73 Å². The smallest absolute Gasteiger partial charge is 0.165 e. The van der Waals surface area contributed by atoms with Crippen LogP contribution in [0.25, 0.3) is 11.2 Å². The van der Waals surface area contributed by atoms with Crippen LogP contribution in [-0.2, 0) is 0 Å². The van der Waals surface area contributed by atoms with Gasteiger partial charge in [-0.15, -0.1) is 0 Å². The van der Waals surface area contributed by atoms with Gasteiger partial charge in [0, 0.05) is 0 Å². The van der Waals surface area contributed by atoms with Crippen molar-refractivity contribution in [2.45, 2.75) is 37.2 Å². The molecule has 4 atom stereocenters. The minimum atomic E-state index is -1.17. The quantitative estimate of drug-likeness (QED) is 0.511. The molecular weight excluding hydrogens is 250 g/mol. The number of hydrogen-bond acceptors (Lipinski definition) is 7. The van der Waals surface area contributed by atoms with E-state index >= 15 is 0 Å². The summed E-state index contributed by atoms with van der Waals surface area (Å²) in [5, 5.41) is 29.4. The third kappa shape index (κ3) is 1.84. The summed E-state index contributed by atoms with van der Waals surface area (Å²) in [5.74, 6) is 0.273. The molecule has 1 aliphatic rings. The Kier molecular flexibility index (Phi) is 2.85. The fourth-order valence-corrected chi connectivity index (χ4v) is 2.55. The van der Waals surface area contributed by atoms with E-state index in [0.29, 0.717) is 24.0 Å². The van der Waals surface area contributed by atoms with Crippen LogP contribution in [-0.4, -0.2) is 53.2 Å². The van der Waals surface area contributed by atoms with Gasteiger partial charge in [0.05, 0.1) is 18.5 Å². The van der Waals surface area contributed by atoms with Crippen molar-refractivity contribution in [3.05, 3.63) is 12.7 Å². The van der Waals surface area contributed by atoms with E-state index in [1.807, 2.05) is 0 Å². The highest BCUT2D eigenvalue weighted by atomic mass is 16.4. The standard InChI is InChI=1S/C11H15N5O3/c12-10-7-11(14-3-13-10)16(4-15-7)5-1-2-6(17)9(19)8(5)18/h3-6,8-9,17-19H,1-2H2,(H2,12,13,14)/t5-,6-,8-,9-/m1/s1. The van der Waals surface area contributed by atoms with Crippen LogP contribution in [0, 0.1) is 0 Å². The van der Waals surface area contributed by atoms with Gasteiger partial charge >= 0.3 is 0 Å². The monoisotopic (exact) mass is 265 g/mol. The minimum Gasteiger partial charge on any atom is -0.390 e. The summed E-state index contributed by atoms with van der Waals surface area (Å²) in [6.07, 6.45) is 0.635. The molecule has 0 amide bonds. The molecule has 19 heavy (non-hydrogen) atoms. The van der Waals surface area contributed by atoms with Gasteiger partial charge in [-0.1, -0.05) is 0 Å². The number of nitrogens with two attached hydrogens (primary N) is 1. The van der Waals surface area contributed by atoms with E-state index < -0.39 is 24.4 Å². The number of nitrogens with zero attached hydrogens (tertiary/aromatic N) is 4. The number of hydrogen-bond donors (Lipinski definition) is 4. The fraction of sp³-hybridized carbons (Fsp3) is 0.545. The minimum absolute atomic E-state index is 0.273. The Morgan fingerprint density at radius 3 is 2.68 bits per heavy atom. The summed E-state index contributed by atoms with van der Waals surface area (Å²) in [6.45, 7) is 0. The van der Waals surface area contributed by atoms with Crippen LogP contribution >= 0.6 is 0 Å². The summed E-state index contributed by atoms with van der Waals surface area (Å²) in [5.41, 5.74) is 6.69. The first-order chi connectivity index (χ1) is 9.09. The van der Waals surface area contributed by atoms with Crippen LogP contribution in [0.2, 0.25) is 0 Å². The molecule has 2 aromatic heterocycles. The lowest BCUT2D eigenvalue weighted by molar-refractivity contribution is -0.105. The molecule has 1 aliphatic carbocycles. The molecule has 2 heterocycles. The second-order valence-electron chi connectivity index (χ2n) is 4.78. The lowest BCUT2D eigenvalue weighted by atomic mass is 9.87. The topological polar surface area (TPSA) is 130 Å². The molecule has 1 saturated carbocycles. The maximum absolute atomic E-state index is 10.1. The van der Waals surface area contributed by atoms with Crippen molar-refractivity contribution in [3.63, 3.8) is 0 Å². The Labute approximate surface area is 108 Å². The van der Waals surface area contributed by atoms with Gasteiger partial charge in [-0.2, -0.15) is 0 Å². The predicted molar refractivity (Wildman–Crippen MR) is 66.0 cm³/mol. The summed E-state index contributed by atoms with van der Waals surface area (Å²) in [6, 6.07) is -0.391. The van der Waals surface area contributed by atoms with E-state index in [1.165, 1.54) is 12.7 Å². The van der Waals surface area contributed by atoms with Crippen LogP contribution in [0.15, 0.2) is 12.7 Å². The summed E-state index contributed by atoms with van der Waals surface area (Å²) >= 11 is 0. The number of fused-ring (bicyclic) bond motifs is 1. The SMILES string of the molecule is Nc1ncnc2c1ncn2[C@@H]1CC[C@@H](O)[C@@H](O)[C@@H]1O. The van der Waals surface area contributed by atoms with Crippen LogP contribution in [0.5, 0.6) is 0 Å². The molecule has 8 heteroatoms. The highest BCUT2D eigenvalue weighted by Gasteiger charge is 2.38. The Morgan fingerprint density at radius 1 is 1.11 bits per heavy atom. The highest BCUT2D eigenvalue weighted by molar-refractivity contribution is 5.81. The van der Waals surface area contributed by atoms with E-state index in [0.717, 1.165) is 0 Å². The molecule has 0 aromatic carbocycles. The van der Waals surface area contributed by atoms with Gasteiger partial charge in [0.1, 0.15) is 24.1 Å². The molecular formula is C11H15N5O3. The number of nitrogen functional groups attached to an aromatic ring is 1. The number of aliphatic hydroxyl groups excluding tert-OH is 3. The van der Waals surface area contributed by atoms with Crippen molar-refractivity contribution in [2.24, 2.45) is 0 Å². The average Bonchev–Trinajstić information content (AvgIpc) is 2.82. The molecule has 0 spiro atoms. The fourth-order valence-electron chi connectivity index (χ4n) is 2.55. The first-order valence-electron chi connectivity index (χ1n) is 6.07. The van der Waals surface area contributed by atoms with Gasteiger partial charge in [-0.3, -0.25) is 0 Å². The van der Waals surface area contributed by atoms with Crippen molar-refractivity contribution < 1.29 is 15.3 Å². The lowest BCUT2D eigenvalue weighted by Gasteiger charge is -2.35. The third-order valence-electron chi connectivity index (χ3n) is 3.64. The predicted octanol–water partition coefficient (Wildman–Crippen LogP) is -1.17. The molecule has 5 N–H and O–H groups in total. The molecule has 8 nitrogen and oxygen atoms in total. The molecule has 0 saturated heterocycles. The molecule has 1 fully saturated rings. The molecule has 0 aliphatic heterocycles. The van der Waals surface area contributed by atoms with Gasteiger partial charge < -0.3 is 25.6 Å². The number of aliphatic hydroxyl groups is 3. The van der Waals surface area contributed by atoms with E-state index in [9.17, 15) is 15.3 Å². The zero-order chi connectivity index (χ0) is 13.6. The molecule has 2 aromatic rings. The van der Waals surface area contributed by atoms with E-state index in [1.54, 1.807) is 4.57 Å². The van der Waals surface area contributed by atoms with Crippen molar-refractivity contribution in [3.8, 4) is 0 Å². The van der Waals surface area contributed by atoms with Crippen molar-refractivity contribution in [2.75, 3.05) is 5.73 Å². The van der Waals surface area contributed by atoms with E-state index in [2.05, 4.69) is 15.0 Å². The van der Waals surface area contributed by atoms with Crippen molar-refractivity contribution >= 4 is 17.0 Å². The van der Waals surface area contributed by atoms with Gasteiger partial charge in [0.2, 0.25) is 0 Å². The highest BCUT2D eigenvalue weighted by Crippen LogP contribution is 2.31. The van der Waals surface area contributed by atoms with Crippen molar-refractivity contribution in [1.29, 1.82) is 0 Å². The van der Waals surface area contributed by atoms with Crippen LogP contribution in [0.1, 0.15) is 18.9 Å². The summed E-state index contributed by atoms with van der Waals surface area (Å²) in [7, 11) is 0. The maximum atomic E-state index is 10.1. The number of aromatic nitrogens is 4. The first-order valence-corrected chi connectivity index (χ1v) is 6.07. The van der Waals surface area contributed by atoms with Crippen LogP contribution in [0.4, 0.5) is 5.82 Å². The Hall–Kier alpha value is -1.77. The number of anilines is 1. The number of imidazole rings is 1. The summed E-state index contributed by atoms with van der Waals surface area (Å²) in [4.78, 5) is 12.1. The zero-order valence-corrected chi connectivity index (χ0v) is 10.1. The van der Waals surface area contributed by atoms with Crippen LogP contribution < -0.4 is 5.73 Å².